The summed E-state index contributed by atoms with van der Waals surface area (Å²) >= 11 is 0. The third kappa shape index (κ3) is 2.53. The summed E-state index contributed by atoms with van der Waals surface area (Å²) in [7, 11) is 0. The van der Waals surface area contributed by atoms with Crippen molar-refractivity contribution in [1.29, 1.82) is 0 Å². The van der Waals surface area contributed by atoms with E-state index in [0.29, 0.717) is 17.7 Å². The molecule has 1 fully saturated rings. The molecule has 1 unspecified atom stereocenters. The number of benzene rings is 2. The third-order valence-corrected chi connectivity index (χ3v) is 5.93. The van der Waals surface area contributed by atoms with Gasteiger partial charge in [-0.15, -0.1) is 0 Å². The Labute approximate surface area is 156 Å². The maximum absolute atomic E-state index is 15.0. The fourth-order valence-electron chi connectivity index (χ4n) is 4.51. The molecule has 2 N–H and O–H groups in total. The maximum Gasteiger partial charge on any atom is 0.189 e. The van der Waals surface area contributed by atoms with E-state index in [0.717, 1.165) is 47.1 Å². The van der Waals surface area contributed by atoms with Crippen LogP contribution in [0.25, 0.3) is 22.2 Å². The standard InChI is InChI=1S/C22H21FN2O2/c1-22(8-3-9-24-22)16-7-6-13(10-17(16)23)21-15-11-27-12-19(26)14-4-2-5-18(25-21)20(14)15/h2,4-7,10,24-25H,3,8-9,11-12H2,1H3. The van der Waals surface area contributed by atoms with Crippen molar-refractivity contribution in [1.82, 2.24) is 10.3 Å². The number of ketones is 1. The van der Waals surface area contributed by atoms with Gasteiger partial charge in [-0.3, -0.25) is 4.79 Å². The van der Waals surface area contributed by atoms with Gasteiger partial charge >= 0.3 is 0 Å². The topological polar surface area (TPSA) is 54.1 Å². The molecule has 138 valence electrons. The minimum absolute atomic E-state index is 0.0216. The van der Waals surface area contributed by atoms with Crippen molar-refractivity contribution in [3.05, 3.63) is 58.9 Å². The molecule has 1 atom stereocenters. The van der Waals surface area contributed by atoms with Crippen LogP contribution in [0.15, 0.2) is 36.4 Å². The van der Waals surface area contributed by atoms with Crippen LogP contribution in [0.1, 0.15) is 41.3 Å². The van der Waals surface area contributed by atoms with Crippen molar-refractivity contribution < 1.29 is 13.9 Å². The highest BCUT2D eigenvalue weighted by atomic mass is 19.1. The number of carbonyl (C=O) groups excluding carboxylic acids is 1. The summed E-state index contributed by atoms with van der Waals surface area (Å²) in [4.78, 5) is 15.7. The molecule has 0 bridgehead atoms. The largest absolute Gasteiger partial charge is 0.369 e. The first-order valence-corrected chi connectivity index (χ1v) is 9.37. The van der Waals surface area contributed by atoms with Gasteiger partial charge in [0.1, 0.15) is 12.4 Å². The molecule has 0 aliphatic carbocycles. The molecule has 5 heteroatoms. The molecule has 0 radical (unpaired) electrons. The van der Waals surface area contributed by atoms with E-state index in [9.17, 15) is 4.79 Å². The maximum atomic E-state index is 15.0. The minimum Gasteiger partial charge on any atom is -0.369 e. The summed E-state index contributed by atoms with van der Waals surface area (Å²) in [5.74, 6) is -0.229. The van der Waals surface area contributed by atoms with E-state index in [1.54, 1.807) is 6.07 Å². The second-order valence-electron chi connectivity index (χ2n) is 7.68. The zero-order chi connectivity index (χ0) is 18.6. The summed E-state index contributed by atoms with van der Waals surface area (Å²) in [6.45, 7) is 3.38. The van der Waals surface area contributed by atoms with E-state index in [4.69, 9.17) is 4.74 Å². The van der Waals surface area contributed by atoms with Gasteiger partial charge in [0.25, 0.3) is 0 Å². The smallest absolute Gasteiger partial charge is 0.189 e. The van der Waals surface area contributed by atoms with Gasteiger partial charge in [0.05, 0.1) is 12.3 Å². The predicted octanol–water partition coefficient (Wildman–Crippen LogP) is 4.29. The Morgan fingerprint density at radius 1 is 1.19 bits per heavy atom. The number of hydrogen-bond donors (Lipinski definition) is 2. The summed E-state index contributed by atoms with van der Waals surface area (Å²) in [5, 5.41) is 4.31. The van der Waals surface area contributed by atoms with Crippen LogP contribution >= 0.6 is 0 Å². The lowest BCUT2D eigenvalue weighted by Gasteiger charge is -2.25. The SMILES string of the molecule is CC1(c2ccc(-c3[nH]c4cccc5c4c3COCC5=O)cc2F)CCCN1. The molecule has 4 nitrogen and oxygen atoms in total. The average molecular weight is 364 g/mol. The molecular weight excluding hydrogens is 343 g/mol. The number of H-pyrrole nitrogens is 1. The van der Waals surface area contributed by atoms with Crippen molar-refractivity contribution in [3.63, 3.8) is 0 Å². The first kappa shape index (κ1) is 16.7. The molecule has 27 heavy (non-hydrogen) atoms. The van der Waals surface area contributed by atoms with Gasteiger partial charge in [-0.05, 0) is 38.4 Å². The second kappa shape index (κ2) is 6.01. The summed E-state index contributed by atoms with van der Waals surface area (Å²) < 4.78 is 20.6. The molecule has 3 aromatic rings. The fraction of sp³-hybridized carbons (Fsp3) is 0.318. The van der Waals surface area contributed by atoms with Crippen LogP contribution in [-0.4, -0.2) is 23.9 Å². The third-order valence-electron chi connectivity index (χ3n) is 5.93. The van der Waals surface area contributed by atoms with E-state index >= 15 is 4.39 Å². The lowest BCUT2D eigenvalue weighted by Crippen LogP contribution is -2.34. The molecule has 2 aliphatic heterocycles. The number of halogens is 1. The Morgan fingerprint density at radius 2 is 2.07 bits per heavy atom. The van der Waals surface area contributed by atoms with Crippen molar-refractivity contribution in [2.24, 2.45) is 0 Å². The monoisotopic (exact) mass is 364 g/mol. The van der Waals surface area contributed by atoms with Crippen LogP contribution < -0.4 is 5.32 Å². The predicted molar refractivity (Wildman–Crippen MR) is 102 cm³/mol. The van der Waals surface area contributed by atoms with E-state index in [-0.39, 0.29) is 23.7 Å². The molecule has 0 saturated carbocycles. The van der Waals surface area contributed by atoms with Crippen LogP contribution in [0, 0.1) is 5.82 Å². The number of ether oxygens (including phenoxy) is 1. The van der Waals surface area contributed by atoms with Gasteiger partial charge in [0, 0.05) is 38.7 Å². The number of nitrogens with one attached hydrogen (secondary N) is 2. The van der Waals surface area contributed by atoms with Crippen LogP contribution in [0.5, 0.6) is 0 Å². The molecule has 0 amide bonds. The minimum atomic E-state index is -0.308. The first-order chi connectivity index (χ1) is 13.1. The Morgan fingerprint density at radius 3 is 2.85 bits per heavy atom. The van der Waals surface area contributed by atoms with Crippen LogP contribution in [0.4, 0.5) is 4.39 Å². The average Bonchev–Trinajstić information content (AvgIpc) is 3.21. The normalized spacial score (nSPS) is 22.4. The lowest BCUT2D eigenvalue weighted by atomic mass is 9.89. The molecule has 0 spiro atoms. The Hall–Kier alpha value is -2.50. The van der Waals surface area contributed by atoms with Gasteiger partial charge in [0.15, 0.2) is 5.78 Å². The molecule has 5 rings (SSSR count). The van der Waals surface area contributed by atoms with E-state index < -0.39 is 0 Å². The van der Waals surface area contributed by atoms with Crippen LogP contribution in [0.2, 0.25) is 0 Å². The zero-order valence-electron chi connectivity index (χ0n) is 15.2. The van der Waals surface area contributed by atoms with Gasteiger partial charge in [-0.25, -0.2) is 4.39 Å². The van der Waals surface area contributed by atoms with Gasteiger partial charge in [-0.1, -0.05) is 24.3 Å². The summed E-state index contributed by atoms with van der Waals surface area (Å²) in [6, 6.07) is 11.1. The number of hydrogen-bond acceptors (Lipinski definition) is 3. The van der Waals surface area contributed by atoms with Gasteiger partial charge < -0.3 is 15.0 Å². The highest BCUT2D eigenvalue weighted by molar-refractivity contribution is 6.11. The fourth-order valence-corrected chi connectivity index (χ4v) is 4.51. The van der Waals surface area contributed by atoms with Crippen LogP contribution in [0.3, 0.4) is 0 Å². The van der Waals surface area contributed by atoms with E-state index in [1.165, 1.54) is 0 Å². The van der Waals surface area contributed by atoms with Gasteiger partial charge in [-0.2, -0.15) is 0 Å². The quantitative estimate of drug-likeness (QED) is 0.713. The highest BCUT2D eigenvalue weighted by Gasteiger charge is 2.32. The van der Waals surface area contributed by atoms with Crippen molar-refractivity contribution in [2.75, 3.05) is 13.2 Å². The zero-order valence-corrected chi connectivity index (χ0v) is 15.2. The molecular formula is C22H21FN2O2. The van der Waals surface area contributed by atoms with Gasteiger partial charge in [0.2, 0.25) is 0 Å². The molecule has 1 aromatic heterocycles. The van der Waals surface area contributed by atoms with Crippen molar-refractivity contribution >= 4 is 16.7 Å². The van der Waals surface area contributed by atoms with E-state index in [1.807, 2.05) is 30.3 Å². The second-order valence-corrected chi connectivity index (χ2v) is 7.68. The highest BCUT2D eigenvalue weighted by Crippen LogP contribution is 2.37. The Kier molecular flexibility index (Phi) is 3.71. The first-order valence-electron chi connectivity index (χ1n) is 9.37. The summed E-state index contributed by atoms with van der Waals surface area (Å²) in [6.07, 6.45) is 1.98. The number of aromatic nitrogens is 1. The Bertz CT molecular complexity index is 1060. The molecule has 2 aliphatic rings. The van der Waals surface area contributed by atoms with Crippen molar-refractivity contribution in [2.45, 2.75) is 31.9 Å². The molecule has 2 aromatic carbocycles. The lowest BCUT2D eigenvalue weighted by molar-refractivity contribution is 0.0742. The Balaban J connectivity index is 1.66. The van der Waals surface area contributed by atoms with Crippen LogP contribution in [-0.2, 0) is 16.9 Å². The molecule has 3 heterocycles. The molecule has 1 saturated heterocycles. The number of Topliss-reactive ketones (excluding diaryl/α,β-unsaturated/α-hetero) is 1. The number of aromatic amines is 1. The van der Waals surface area contributed by atoms with E-state index in [2.05, 4.69) is 17.2 Å². The number of rotatable bonds is 2. The van der Waals surface area contributed by atoms with Crippen molar-refractivity contribution in [3.8, 4) is 11.3 Å². The summed E-state index contributed by atoms with van der Waals surface area (Å²) in [5.41, 5.74) is 4.46. The number of carbonyl (C=O) groups is 1.